The summed E-state index contributed by atoms with van der Waals surface area (Å²) < 4.78 is 12.1. The summed E-state index contributed by atoms with van der Waals surface area (Å²) in [5, 5.41) is 0.194. The molecule has 0 radical (unpaired) electrons. The van der Waals surface area contributed by atoms with Gasteiger partial charge in [0.15, 0.2) is 8.32 Å². The molecule has 0 unspecified atom stereocenters. The number of methoxy groups -OCH3 is 1. The van der Waals surface area contributed by atoms with Gasteiger partial charge in [0, 0.05) is 7.11 Å². The molecule has 0 aliphatic carbocycles. The predicted octanol–water partition coefficient (Wildman–Crippen LogP) is 6.87. The van der Waals surface area contributed by atoms with E-state index in [2.05, 4.69) is 94.5 Å². The van der Waals surface area contributed by atoms with E-state index < -0.39 is 8.32 Å². The van der Waals surface area contributed by atoms with Crippen LogP contribution in [0.1, 0.15) is 43.9 Å². The molecule has 2 nitrogen and oxygen atoms in total. The van der Waals surface area contributed by atoms with Crippen molar-refractivity contribution in [1.29, 1.82) is 0 Å². The first-order valence-electron chi connectivity index (χ1n) is 10.2. The molecule has 0 fully saturated rings. The van der Waals surface area contributed by atoms with E-state index in [0.717, 1.165) is 12.8 Å². The zero-order valence-electron chi connectivity index (χ0n) is 18.4. The second-order valence-corrected chi connectivity index (χ2v) is 13.7. The van der Waals surface area contributed by atoms with Crippen LogP contribution in [-0.2, 0) is 22.2 Å². The van der Waals surface area contributed by atoms with Crippen LogP contribution in [0.5, 0.6) is 0 Å². The van der Waals surface area contributed by atoms with Crippen LogP contribution in [0.2, 0.25) is 18.1 Å². The molecule has 0 aliphatic heterocycles. The maximum Gasteiger partial charge on any atom is 0.192 e. The van der Waals surface area contributed by atoms with Crippen molar-refractivity contribution >= 4 is 14.4 Å². The smallest absolute Gasteiger partial charge is 0.192 e. The Labute approximate surface area is 172 Å². The van der Waals surface area contributed by atoms with Crippen LogP contribution >= 0.6 is 0 Å². The molecule has 0 spiro atoms. The van der Waals surface area contributed by atoms with Crippen LogP contribution in [0.4, 0.5) is 0 Å². The summed E-state index contributed by atoms with van der Waals surface area (Å²) in [6, 6.07) is 19.0. The summed E-state index contributed by atoms with van der Waals surface area (Å²) in [5.74, 6) is 0. The minimum Gasteiger partial charge on any atom is -0.411 e. The van der Waals surface area contributed by atoms with Gasteiger partial charge in [-0.15, -0.1) is 0 Å². The first-order valence-corrected chi connectivity index (χ1v) is 13.1. The number of ether oxygens (including phenoxy) is 1. The summed E-state index contributed by atoms with van der Waals surface area (Å²) >= 11 is 0. The molecule has 0 aliphatic rings. The van der Waals surface area contributed by atoms with Crippen molar-refractivity contribution in [2.75, 3.05) is 7.11 Å². The lowest BCUT2D eigenvalue weighted by molar-refractivity contribution is 0.183. The summed E-state index contributed by atoms with van der Waals surface area (Å²) in [5.41, 5.74) is 3.83. The van der Waals surface area contributed by atoms with Crippen LogP contribution in [0, 0.1) is 0 Å². The fourth-order valence-electron chi connectivity index (χ4n) is 2.93. The molecule has 0 heterocycles. The standard InChI is InChI=1S/C25H36O2Si/c1-25(2,3)28(5,6)27-24(18-16-21-12-8-7-9-13-21)19-17-22-14-10-11-15-23(22)20-26-4/h7-16,18,24H,17,19-20H2,1-6H3/b18-16+/t24-/m0/s1. The van der Waals surface area contributed by atoms with Gasteiger partial charge >= 0.3 is 0 Å². The van der Waals surface area contributed by atoms with E-state index in [0.29, 0.717) is 6.61 Å². The normalized spacial score (nSPS) is 13.8. The van der Waals surface area contributed by atoms with Crippen molar-refractivity contribution in [2.45, 2.75) is 64.5 Å². The van der Waals surface area contributed by atoms with E-state index in [4.69, 9.17) is 9.16 Å². The van der Waals surface area contributed by atoms with Gasteiger partial charge in [0.2, 0.25) is 0 Å². The summed E-state index contributed by atoms with van der Waals surface area (Å²) in [7, 11) is -0.0963. The molecule has 2 aromatic rings. The maximum atomic E-state index is 6.77. The molecule has 3 heteroatoms. The van der Waals surface area contributed by atoms with Gasteiger partial charge in [-0.05, 0) is 47.7 Å². The zero-order valence-corrected chi connectivity index (χ0v) is 19.4. The highest BCUT2D eigenvalue weighted by molar-refractivity contribution is 6.74. The van der Waals surface area contributed by atoms with Gasteiger partial charge in [-0.3, -0.25) is 0 Å². The molecule has 152 valence electrons. The van der Waals surface area contributed by atoms with Gasteiger partial charge in [-0.2, -0.15) is 0 Å². The molecule has 0 amide bonds. The molecular weight excluding hydrogens is 360 g/mol. The van der Waals surface area contributed by atoms with Crippen LogP contribution in [0.3, 0.4) is 0 Å². The lowest BCUT2D eigenvalue weighted by Crippen LogP contribution is -2.43. The van der Waals surface area contributed by atoms with Crippen LogP contribution in [-0.4, -0.2) is 21.5 Å². The highest BCUT2D eigenvalue weighted by atomic mass is 28.4. The van der Waals surface area contributed by atoms with Crippen molar-refractivity contribution in [3.63, 3.8) is 0 Å². The van der Waals surface area contributed by atoms with Gasteiger partial charge in [0.05, 0.1) is 12.7 Å². The number of rotatable bonds is 9. The molecule has 2 rings (SSSR count). The van der Waals surface area contributed by atoms with E-state index in [1.807, 2.05) is 6.07 Å². The van der Waals surface area contributed by atoms with Gasteiger partial charge < -0.3 is 9.16 Å². The third kappa shape index (κ3) is 6.73. The lowest BCUT2D eigenvalue weighted by Gasteiger charge is -2.38. The SMILES string of the molecule is COCc1ccccc1CC[C@H](/C=C/c1ccccc1)O[Si](C)(C)C(C)(C)C. The number of benzene rings is 2. The molecule has 0 saturated carbocycles. The first kappa shape index (κ1) is 22.6. The Morgan fingerprint density at radius 1 is 0.929 bits per heavy atom. The topological polar surface area (TPSA) is 18.5 Å². The largest absolute Gasteiger partial charge is 0.411 e. The maximum absolute atomic E-state index is 6.77. The molecular formula is C25H36O2Si. The van der Waals surface area contributed by atoms with Gasteiger partial charge in [-0.1, -0.05) is 87.5 Å². The molecule has 1 atom stereocenters. The second-order valence-electron chi connectivity index (χ2n) is 8.93. The minimum atomic E-state index is -1.85. The Bertz CT molecular complexity index is 745. The quantitative estimate of drug-likeness (QED) is 0.431. The Morgan fingerprint density at radius 3 is 2.14 bits per heavy atom. The average Bonchev–Trinajstić information content (AvgIpc) is 2.65. The van der Waals surface area contributed by atoms with Gasteiger partial charge in [-0.25, -0.2) is 0 Å². The highest BCUT2D eigenvalue weighted by Crippen LogP contribution is 2.38. The zero-order chi connectivity index (χ0) is 20.6. The Balaban J connectivity index is 2.17. The molecule has 0 saturated heterocycles. The fraction of sp³-hybridized carbons (Fsp3) is 0.440. The molecule has 0 bridgehead atoms. The first-order chi connectivity index (χ1) is 13.2. The van der Waals surface area contributed by atoms with Crippen LogP contribution < -0.4 is 0 Å². The van der Waals surface area contributed by atoms with E-state index in [9.17, 15) is 0 Å². The van der Waals surface area contributed by atoms with E-state index in [1.54, 1.807) is 7.11 Å². The summed E-state index contributed by atoms with van der Waals surface area (Å²) in [6.07, 6.45) is 6.50. The van der Waals surface area contributed by atoms with E-state index in [-0.39, 0.29) is 11.1 Å². The Morgan fingerprint density at radius 2 is 1.54 bits per heavy atom. The predicted molar refractivity (Wildman–Crippen MR) is 123 cm³/mol. The third-order valence-corrected chi connectivity index (χ3v) is 10.2. The average molecular weight is 397 g/mol. The Kier molecular flexibility index (Phi) is 8.23. The lowest BCUT2D eigenvalue weighted by atomic mass is 10.0. The number of aryl methyl sites for hydroxylation is 1. The number of hydrogen-bond acceptors (Lipinski definition) is 2. The molecule has 0 aromatic heterocycles. The second kappa shape index (κ2) is 10.2. The van der Waals surface area contributed by atoms with Gasteiger partial charge in [0.25, 0.3) is 0 Å². The van der Waals surface area contributed by atoms with Crippen molar-refractivity contribution in [1.82, 2.24) is 0 Å². The van der Waals surface area contributed by atoms with Gasteiger partial charge in [0.1, 0.15) is 0 Å². The molecule has 0 N–H and O–H groups in total. The van der Waals surface area contributed by atoms with E-state index in [1.165, 1.54) is 16.7 Å². The monoisotopic (exact) mass is 396 g/mol. The number of hydrogen-bond donors (Lipinski definition) is 0. The van der Waals surface area contributed by atoms with Crippen molar-refractivity contribution in [3.8, 4) is 0 Å². The summed E-state index contributed by atoms with van der Waals surface area (Å²) in [4.78, 5) is 0. The summed E-state index contributed by atoms with van der Waals surface area (Å²) in [6.45, 7) is 12.2. The fourth-order valence-corrected chi connectivity index (χ4v) is 4.23. The van der Waals surface area contributed by atoms with E-state index >= 15 is 0 Å². The molecule has 2 aromatic carbocycles. The van der Waals surface area contributed by atoms with Crippen molar-refractivity contribution in [3.05, 3.63) is 77.4 Å². The van der Waals surface area contributed by atoms with Crippen molar-refractivity contribution in [2.24, 2.45) is 0 Å². The van der Waals surface area contributed by atoms with Crippen LogP contribution in [0.15, 0.2) is 60.7 Å². The van der Waals surface area contributed by atoms with Crippen molar-refractivity contribution < 1.29 is 9.16 Å². The Hall–Kier alpha value is -1.68. The third-order valence-electron chi connectivity index (χ3n) is 5.67. The molecule has 28 heavy (non-hydrogen) atoms. The minimum absolute atomic E-state index is 0.108. The highest BCUT2D eigenvalue weighted by Gasteiger charge is 2.38. The van der Waals surface area contributed by atoms with Crippen LogP contribution in [0.25, 0.3) is 6.08 Å².